The summed E-state index contributed by atoms with van der Waals surface area (Å²) in [6, 6.07) is 1.21. The van der Waals surface area contributed by atoms with Gasteiger partial charge in [-0.05, 0) is 41.0 Å². The highest BCUT2D eigenvalue weighted by atomic mass is 16.5. The van der Waals surface area contributed by atoms with Gasteiger partial charge in [0.15, 0.2) is 0 Å². The van der Waals surface area contributed by atoms with Gasteiger partial charge < -0.3 is 4.74 Å². The molecule has 0 spiro atoms. The molecule has 1 rings (SSSR count). The fourth-order valence-electron chi connectivity index (χ4n) is 2.54. The van der Waals surface area contributed by atoms with Crippen molar-refractivity contribution in [3.05, 3.63) is 0 Å². The van der Waals surface area contributed by atoms with E-state index >= 15 is 0 Å². The van der Waals surface area contributed by atoms with Crippen LogP contribution in [-0.2, 0) is 4.74 Å². The van der Waals surface area contributed by atoms with Gasteiger partial charge in [-0.3, -0.25) is 9.80 Å². The van der Waals surface area contributed by atoms with Crippen molar-refractivity contribution in [2.24, 2.45) is 0 Å². The van der Waals surface area contributed by atoms with Crippen molar-refractivity contribution in [1.29, 1.82) is 0 Å². The van der Waals surface area contributed by atoms with Gasteiger partial charge in [0, 0.05) is 31.8 Å². The Hall–Kier alpha value is -0.120. The molecule has 0 aromatic rings. The Morgan fingerprint density at radius 1 is 1.06 bits per heavy atom. The highest BCUT2D eigenvalue weighted by Crippen LogP contribution is 2.20. The molecule has 1 heterocycles. The molecular weight excluding hydrogens is 200 g/mol. The van der Waals surface area contributed by atoms with Crippen LogP contribution < -0.4 is 0 Å². The van der Waals surface area contributed by atoms with Crippen LogP contribution in [0.15, 0.2) is 0 Å². The first-order valence-electron chi connectivity index (χ1n) is 6.67. The lowest BCUT2D eigenvalue weighted by Crippen LogP contribution is -2.59. The third kappa shape index (κ3) is 3.44. The monoisotopic (exact) mass is 228 g/mol. The molecule has 0 aliphatic carbocycles. The zero-order valence-electron chi connectivity index (χ0n) is 11.6. The molecule has 0 saturated carbocycles. The molecule has 0 atom stereocenters. The summed E-state index contributed by atoms with van der Waals surface area (Å²) >= 11 is 0. The van der Waals surface area contributed by atoms with Crippen molar-refractivity contribution in [2.45, 2.75) is 59.3 Å². The van der Waals surface area contributed by atoms with Gasteiger partial charge in [-0.25, -0.2) is 0 Å². The first kappa shape index (κ1) is 13.9. The normalized spacial score (nSPS) is 21.2. The molecule has 3 heteroatoms. The zero-order valence-corrected chi connectivity index (χ0v) is 11.6. The summed E-state index contributed by atoms with van der Waals surface area (Å²) in [5.41, 5.74) is 0. The molecule has 0 radical (unpaired) electrons. The summed E-state index contributed by atoms with van der Waals surface area (Å²) in [6.07, 6.45) is 1.74. The van der Waals surface area contributed by atoms with E-state index in [-0.39, 0.29) is 0 Å². The molecule has 96 valence electrons. The van der Waals surface area contributed by atoms with Crippen molar-refractivity contribution < 1.29 is 4.74 Å². The zero-order chi connectivity index (χ0) is 12.1. The number of hydrogen-bond donors (Lipinski definition) is 0. The topological polar surface area (TPSA) is 15.7 Å². The van der Waals surface area contributed by atoms with E-state index in [1.165, 1.54) is 19.5 Å². The summed E-state index contributed by atoms with van der Waals surface area (Å²) in [6.45, 7) is 15.3. The molecule has 0 bridgehead atoms. The molecule has 16 heavy (non-hydrogen) atoms. The predicted molar refractivity (Wildman–Crippen MR) is 68.6 cm³/mol. The molecule has 1 fully saturated rings. The van der Waals surface area contributed by atoms with Crippen LogP contribution in [0.2, 0.25) is 0 Å². The molecule has 3 nitrogen and oxygen atoms in total. The molecule has 0 aromatic heterocycles. The van der Waals surface area contributed by atoms with Crippen molar-refractivity contribution >= 4 is 0 Å². The first-order valence-corrected chi connectivity index (χ1v) is 6.67. The lowest BCUT2D eigenvalue weighted by atomic mass is 10.1. The van der Waals surface area contributed by atoms with Crippen LogP contribution in [0.1, 0.15) is 41.0 Å². The lowest BCUT2D eigenvalue weighted by molar-refractivity contribution is -0.0744. The minimum absolute atomic E-state index is 0.466. The van der Waals surface area contributed by atoms with Gasteiger partial charge in [-0.2, -0.15) is 0 Å². The smallest absolute Gasteiger partial charge is 0.0868 e. The summed E-state index contributed by atoms with van der Waals surface area (Å²) in [5.74, 6) is 0. The van der Waals surface area contributed by atoms with E-state index in [4.69, 9.17) is 4.74 Å². The molecule has 1 saturated heterocycles. The van der Waals surface area contributed by atoms with Crippen LogP contribution >= 0.6 is 0 Å². The van der Waals surface area contributed by atoms with Crippen LogP contribution in [0.5, 0.6) is 0 Å². The Kier molecular flexibility index (Phi) is 5.73. The molecule has 0 amide bonds. The number of nitrogens with zero attached hydrogens (tertiary/aromatic N) is 2. The largest absolute Gasteiger partial charge is 0.379 e. The quantitative estimate of drug-likeness (QED) is 0.717. The highest BCUT2D eigenvalue weighted by molar-refractivity contribution is 4.83. The summed E-state index contributed by atoms with van der Waals surface area (Å²) in [4.78, 5) is 5.14. The van der Waals surface area contributed by atoms with Gasteiger partial charge >= 0.3 is 0 Å². The molecule has 1 aliphatic rings. The van der Waals surface area contributed by atoms with Crippen LogP contribution in [0.4, 0.5) is 0 Å². The maximum absolute atomic E-state index is 5.65. The summed E-state index contributed by atoms with van der Waals surface area (Å²) in [7, 11) is 0. The molecule has 0 aromatic carbocycles. The van der Waals surface area contributed by atoms with E-state index in [9.17, 15) is 0 Å². The van der Waals surface area contributed by atoms with E-state index in [2.05, 4.69) is 44.4 Å². The molecule has 1 aliphatic heterocycles. The molecule has 0 unspecified atom stereocenters. The fourth-order valence-corrected chi connectivity index (χ4v) is 2.54. The van der Waals surface area contributed by atoms with Gasteiger partial charge in [0.05, 0.1) is 12.8 Å². The number of rotatable bonds is 5. The molecule has 0 N–H and O–H groups in total. The van der Waals surface area contributed by atoms with Crippen LogP contribution in [0, 0.1) is 0 Å². The van der Waals surface area contributed by atoms with Crippen molar-refractivity contribution in [3.8, 4) is 0 Å². The molecular formula is C13H28N2O. The average molecular weight is 228 g/mol. The second kappa shape index (κ2) is 6.58. The van der Waals surface area contributed by atoms with Crippen LogP contribution in [0.3, 0.4) is 0 Å². The van der Waals surface area contributed by atoms with E-state index < -0.39 is 0 Å². The minimum Gasteiger partial charge on any atom is -0.379 e. The van der Waals surface area contributed by atoms with E-state index in [0.717, 1.165) is 13.2 Å². The van der Waals surface area contributed by atoms with Gasteiger partial charge in [-0.1, -0.05) is 0 Å². The summed E-state index contributed by atoms with van der Waals surface area (Å²) in [5, 5.41) is 0. The Balaban J connectivity index is 2.68. The second-order valence-corrected chi connectivity index (χ2v) is 5.16. The number of hydrogen-bond acceptors (Lipinski definition) is 3. The van der Waals surface area contributed by atoms with E-state index in [0.29, 0.717) is 18.2 Å². The van der Waals surface area contributed by atoms with Gasteiger partial charge in [0.1, 0.15) is 0 Å². The predicted octanol–water partition coefficient (Wildman–Crippen LogP) is 2.17. The SMILES string of the molecule is CCOCC1N(C(C)C)CCCN1C(C)C. The Labute approximate surface area is 101 Å². The van der Waals surface area contributed by atoms with Crippen molar-refractivity contribution in [3.63, 3.8) is 0 Å². The van der Waals surface area contributed by atoms with Crippen LogP contribution in [0.25, 0.3) is 0 Å². The first-order chi connectivity index (χ1) is 7.57. The van der Waals surface area contributed by atoms with Gasteiger partial charge in [0.25, 0.3) is 0 Å². The van der Waals surface area contributed by atoms with E-state index in [1.54, 1.807) is 0 Å². The lowest BCUT2D eigenvalue weighted by Gasteiger charge is -2.47. The Morgan fingerprint density at radius 3 is 1.94 bits per heavy atom. The summed E-state index contributed by atoms with van der Waals surface area (Å²) < 4.78 is 5.65. The average Bonchev–Trinajstić information content (AvgIpc) is 2.25. The fraction of sp³-hybridized carbons (Fsp3) is 1.00. The Bertz CT molecular complexity index is 178. The maximum Gasteiger partial charge on any atom is 0.0868 e. The minimum atomic E-state index is 0.466. The Morgan fingerprint density at radius 2 is 1.56 bits per heavy atom. The van der Waals surface area contributed by atoms with Crippen LogP contribution in [-0.4, -0.2) is 54.4 Å². The maximum atomic E-state index is 5.65. The third-order valence-corrected chi connectivity index (χ3v) is 3.40. The van der Waals surface area contributed by atoms with Crippen molar-refractivity contribution in [1.82, 2.24) is 9.80 Å². The standard InChI is InChI=1S/C13H28N2O/c1-6-16-10-13-14(11(2)3)8-7-9-15(13)12(4)5/h11-13H,6-10H2,1-5H3. The van der Waals surface area contributed by atoms with Gasteiger partial charge in [-0.15, -0.1) is 0 Å². The number of ether oxygens (including phenoxy) is 1. The third-order valence-electron chi connectivity index (χ3n) is 3.40. The highest BCUT2D eigenvalue weighted by Gasteiger charge is 2.32. The van der Waals surface area contributed by atoms with Gasteiger partial charge in [0.2, 0.25) is 0 Å². The van der Waals surface area contributed by atoms with E-state index in [1.807, 2.05) is 0 Å². The van der Waals surface area contributed by atoms with Crippen molar-refractivity contribution in [2.75, 3.05) is 26.3 Å². The second-order valence-electron chi connectivity index (χ2n) is 5.16.